The fourth-order valence-corrected chi connectivity index (χ4v) is 2.58. The number of halogens is 1. The van der Waals surface area contributed by atoms with Gasteiger partial charge in [0.25, 0.3) is 5.91 Å². The van der Waals surface area contributed by atoms with Crippen molar-refractivity contribution in [2.75, 3.05) is 20.1 Å². The van der Waals surface area contributed by atoms with Gasteiger partial charge in [0.2, 0.25) is 0 Å². The summed E-state index contributed by atoms with van der Waals surface area (Å²) in [5.41, 5.74) is 0.750. The Morgan fingerprint density at radius 3 is 2.76 bits per heavy atom. The molecule has 1 fully saturated rings. The Labute approximate surface area is 110 Å². The van der Waals surface area contributed by atoms with Crippen molar-refractivity contribution < 1.29 is 4.79 Å². The molecule has 1 amide bonds. The van der Waals surface area contributed by atoms with Gasteiger partial charge in [0, 0.05) is 23.1 Å². The molecular formula is C13H17BrN2O. The molecule has 4 heteroatoms. The van der Waals surface area contributed by atoms with Crippen molar-refractivity contribution in [3.8, 4) is 0 Å². The second-order valence-corrected chi connectivity index (χ2v) is 5.32. The summed E-state index contributed by atoms with van der Waals surface area (Å²) in [6, 6.07) is 7.93. The first kappa shape index (κ1) is 12.6. The van der Waals surface area contributed by atoms with Crippen LogP contribution in [-0.4, -0.2) is 37.0 Å². The van der Waals surface area contributed by atoms with E-state index < -0.39 is 0 Å². The van der Waals surface area contributed by atoms with E-state index in [4.69, 9.17) is 0 Å². The highest BCUT2D eigenvalue weighted by atomic mass is 79.9. The molecule has 0 bridgehead atoms. The van der Waals surface area contributed by atoms with Crippen LogP contribution in [0.4, 0.5) is 0 Å². The molecule has 1 heterocycles. The van der Waals surface area contributed by atoms with Crippen LogP contribution in [0.25, 0.3) is 0 Å². The number of amides is 1. The van der Waals surface area contributed by atoms with Gasteiger partial charge in [-0.25, -0.2) is 0 Å². The molecule has 0 aliphatic carbocycles. The van der Waals surface area contributed by atoms with Gasteiger partial charge in [-0.05, 0) is 44.1 Å². The summed E-state index contributed by atoms with van der Waals surface area (Å²) in [6.07, 6.45) is 2.08. The Morgan fingerprint density at radius 2 is 2.12 bits per heavy atom. The summed E-state index contributed by atoms with van der Waals surface area (Å²) >= 11 is 3.39. The predicted molar refractivity (Wildman–Crippen MR) is 72.1 cm³/mol. The van der Waals surface area contributed by atoms with Crippen molar-refractivity contribution in [1.82, 2.24) is 10.2 Å². The minimum atomic E-state index is 0.109. The molecule has 1 saturated heterocycles. The normalized spacial score (nSPS) is 16.8. The van der Waals surface area contributed by atoms with Crippen LogP contribution < -0.4 is 5.32 Å². The molecule has 17 heavy (non-hydrogen) atoms. The Hall–Kier alpha value is -0.870. The van der Waals surface area contributed by atoms with Gasteiger partial charge in [-0.3, -0.25) is 4.79 Å². The van der Waals surface area contributed by atoms with Crippen LogP contribution in [0.2, 0.25) is 0 Å². The maximum Gasteiger partial charge on any atom is 0.253 e. The van der Waals surface area contributed by atoms with Gasteiger partial charge in [0.05, 0.1) is 0 Å². The number of carbonyl (C=O) groups is 1. The average Bonchev–Trinajstić information content (AvgIpc) is 2.38. The van der Waals surface area contributed by atoms with Crippen LogP contribution in [0.1, 0.15) is 23.2 Å². The number of hydrogen-bond donors (Lipinski definition) is 1. The van der Waals surface area contributed by atoms with E-state index in [2.05, 4.69) is 21.2 Å². The molecule has 2 rings (SSSR count). The van der Waals surface area contributed by atoms with Crippen molar-refractivity contribution in [2.24, 2.45) is 0 Å². The smallest absolute Gasteiger partial charge is 0.253 e. The van der Waals surface area contributed by atoms with E-state index >= 15 is 0 Å². The Kier molecular flexibility index (Phi) is 4.18. The zero-order chi connectivity index (χ0) is 12.3. The van der Waals surface area contributed by atoms with Crippen molar-refractivity contribution in [3.63, 3.8) is 0 Å². The van der Waals surface area contributed by atoms with Crippen molar-refractivity contribution in [1.29, 1.82) is 0 Å². The molecule has 92 valence electrons. The first-order valence-corrected chi connectivity index (χ1v) is 6.71. The largest absolute Gasteiger partial charge is 0.339 e. The van der Waals surface area contributed by atoms with Crippen LogP contribution in [0, 0.1) is 0 Å². The van der Waals surface area contributed by atoms with Gasteiger partial charge in [0.15, 0.2) is 0 Å². The lowest BCUT2D eigenvalue weighted by Crippen LogP contribution is -2.43. The van der Waals surface area contributed by atoms with Crippen LogP contribution in [0.3, 0.4) is 0 Å². The van der Waals surface area contributed by atoms with Crippen molar-refractivity contribution >= 4 is 21.8 Å². The molecule has 1 aromatic carbocycles. The lowest BCUT2D eigenvalue weighted by atomic mass is 10.0. The number of carbonyl (C=O) groups excluding carboxylic acids is 1. The molecule has 0 atom stereocenters. The molecule has 1 aliphatic heterocycles. The molecule has 1 aromatic rings. The first-order chi connectivity index (χ1) is 8.18. The van der Waals surface area contributed by atoms with E-state index in [0.717, 1.165) is 36.0 Å². The van der Waals surface area contributed by atoms with E-state index in [1.165, 1.54) is 0 Å². The SMILES string of the molecule is CN(C(=O)c1cccc(Br)c1)C1CCNCC1. The van der Waals surface area contributed by atoms with E-state index in [-0.39, 0.29) is 5.91 Å². The van der Waals surface area contributed by atoms with Gasteiger partial charge < -0.3 is 10.2 Å². The topological polar surface area (TPSA) is 32.3 Å². The van der Waals surface area contributed by atoms with Gasteiger partial charge in [-0.1, -0.05) is 22.0 Å². The number of piperidine rings is 1. The van der Waals surface area contributed by atoms with Crippen molar-refractivity contribution in [2.45, 2.75) is 18.9 Å². The minimum absolute atomic E-state index is 0.109. The standard InChI is InChI=1S/C13H17BrN2O/c1-16(12-5-7-15-8-6-12)13(17)10-3-2-4-11(14)9-10/h2-4,9,12,15H,5-8H2,1H3. The maximum atomic E-state index is 12.3. The fraction of sp³-hybridized carbons (Fsp3) is 0.462. The van der Waals surface area contributed by atoms with E-state index in [9.17, 15) is 4.79 Å². The van der Waals surface area contributed by atoms with Crippen molar-refractivity contribution in [3.05, 3.63) is 34.3 Å². The third-order valence-electron chi connectivity index (χ3n) is 3.25. The summed E-state index contributed by atoms with van der Waals surface area (Å²) < 4.78 is 0.946. The summed E-state index contributed by atoms with van der Waals surface area (Å²) in [5.74, 6) is 0.109. The average molecular weight is 297 g/mol. The van der Waals surface area contributed by atoms with E-state index in [0.29, 0.717) is 6.04 Å². The Bertz CT molecular complexity index is 402. The second kappa shape index (κ2) is 5.65. The zero-order valence-electron chi connectivity index (χ0n) is 9.95. The fourth-order valence-electron chi connectivity index (χ4n) is 2.18. The molecule has 0 aromatic heterocycles. The van der Waals surface area contributed by atoms with Gasteiger partial charge >= 0.3 is 0 Å². The number of rotatable bonds is 2. The number of hydrogen-bond acceptors (Lipinski definition) is 2. The van der Waals surface area contributed by atoms with Gasteiger partial charge in [0.1, 0.15) is 0 Å². The highest BCUT2D eigenvalue weighted by Crippen LogP contribution is 2.16. The van der Waals surface area contributed by atoms with Crippen LogP contribution in [0.5, 0.6) is 0 Å². The predicted octanol–water partition coefficient (Wildman–Crippen LogP) is 2.27. The van der Waals surface area contributed by atoms with Crippen LogP contribution in [-0.2, 0) is 0 Å². The monoisotopic (exact) mass is 296 g/mol. The van der Waals surface area contributed by atoms with Gasteiger partial charge in [-0.15, -0.1) is 0 Å². The van der Waals surface area contributed by atoms with Crippen LogP contribution >= 0.6 is 15.9 Å². The zero-order valence-corrected chi connectivity index (χ0v) is 11.5. The number of nitrogens with zero attached hydrogens (tertiary/aromatic N) is 1. The molecule has 3 nitrogen and oxygen atoms in total. The first-order valence-electron chi connectivity index (χ1n) is 5.92. The number of nitrogens with one attached hydrogen (secondary N) is 1. The minimum Gasteiger partial charge on any atom is -0.339 e. The summed E-state index contributed by atoms with van der Waals surface area (Å²) in [4.78, 5) is 14.2. The van der Waals surface area contributed by atoms with E-state index in [1.54, 1.807) is 0 Å². The molecule has 0 spiro atoms. The summed E-state index contributed by atoms with van der Waals surface area (Å²) in [5, 5.41) is 3.31. The molecule has 0 saturated carbocycles. The maximum absolute atomic E-state index is 12.3. The Morgan fingerprint density at radius 1 is 1.41 bits per heavy atom. The summed E-state index contributed by atoms with van der Waals surface area (Å²) in [7, 11) is 1.90. The summed E-state index contributed by atoms with van der Waals surface area (Å²) in [6.45, 7) is 2.00. The van der Waals surface area contributed by atoms with Gasteiger partial charge in [-0.2, -0.15) is 0 Å². The molecule has 1 N–H and O–H groups in total. The van der Waals surface area contributed by atoms with E-state index in [1.807, 2.05) is 36.2 Å². The number of benzene rings is 1. The molecular weight excluding hydrogens is 280 g/mol. The molecule has 0 unspecified atom stereocenters. The van der Waals surface area contributed by atoms with Crippen LogP contribution in [0.15, 0.2) is 28.7 Å². The Balaban J connectivity index is 2.08. The molecule has 0 radical (unpaired) electrons. The quantitative estimate of drug-likeness (QED) is 0.908. The third kappa shape index (κ3) is 3.07. The lowest BCUT2D eigenvalue weighted by molar-refractivity contribution is 0.0703. The highest BCUT2D eigenvalue weighted by Gasteiger charge is 2.22. The second-order valence-electron chi connectivity index (χ2n) is 4.41. The third-order valence-corrected chi connectivity index (χ3v) is 3.74. The highest BCUT2D eigenvalue weighted by molar-refractivity contribution is 9.10. The molecule has 1 aliphatic rings. The lowest BCUT2D eigenvalue weighted by Gasteiger charge is -2.31.